The van der Waals surface area contributed by atoms with Crippen molar-refractivity contribution in [2.75, 3.05) is 23.3 Å². The van der Waals surface area contributed by atoms with Gasteiger partial charge in [0, 0.05) is 37.8 Å². The van der Waals surface area contributed by atoms with Gasteiger partial charge in [0.25, 0.3) is 0 Å². The van der Waals surface area contributed by atoms with Crippen LogP contribution in [0.25, 0.3) is 0 Å². The predicted molar refractivity (Wildman–Crippen MR) is 115 cm³/mol. The highest BCUT2D eigenvalue weighted by molar-refractivity contribution is 5.92. The number of nitrogens with zero attached hydrogens (tertiary/aromatic N) is 3. The molecule has 0 saturated carbocycles. The molecule has 0 fully saturated rings. The number of aryl methyl sites for hydroxylation is 2. The van der Waals surface area contributed by atoms with Gasteiger partial charge < -0.3 is 14.6 Å². The van der Waals surface area contributed by atoms with E-state index in [4.69, 9.17) is 4.42 Å². The molecule has 1 aromatic heterocycles. The zero-order valence-corrected chi connectivity index (χ0v) is 17.5. The molecule has 1 unspecified atom stereocenters. The van der Waals surface area contributed by atoms with Crippen molar-refractivity contribution in [3.05, 3.63) is 71.4 Å². The van der Waals surface area contributed by atoms with Gasteiger partial charge in [-0.2, -0.15) is 0 Å². The fourth-order valence-electron chi connectivity index (χ4n) is 3.45. The van der Waals surface area contributed by atoms with E-state index in [1.165, 1.54) is 0 Å². The monoisotopic (exact) mass is 392 g/mol. The van der Waals surface area contributed by atoms with Crippen LogP contribution in [0.15, 0.2) is 52.9 Å². The van der Waals surface area contributed by atoms with Crippen LogP contribution in [0, 0.1) is 13.8 Å². The molecule has 0 aliphatic rings. The van der Waals surface area contributed by atoms with Gasteiger partial charge in [0.1, 0.15) is 0 Å². The molecule has 0 bridgehead atoms. The van der Waals surface area contributed by atoms with Crippen LogP contribution >= 0.6 is 0 Å². The topological polar surface area (TPSA) is 71.3 Å². The highest BCUT2D eigenvalue weighted by Gasteiger charge is 2.24. The summed E-state index contributed by atoms with van der Waals surface area (Å²) in [7, 11) is 0. The average molecular weight is 393 g/mol. The predicted octanol–water partition coefficient (Wildman–Crippen LogP) is 4.69. The van der Waals surface area contributed by atoms with Gasteiger partial charge >= 0.3 is 0 Å². The van der Waals surface area contributed by atoms with Crippen molar-refractivity contribution in [1.82, 2.24) is 10.2 Å². The first-order chi connectivity index (χ1) is 14.0. The van der Waals surface area contributed by atoms with E-state index >= 15 is 0 Å². The van der Waals surface area contributed by atoms with E-state index in [-0.39, 0.29) is 18.2 Å². The molecular weight excluding hydrogens is 364 g/mol. The average Bonchev–Trinajstić information content (AvgIpc) is 3.16. The Hall–Kier alpha value is -3.15. The molecule has 0 aliphatic carbocycles. The van der Waals surface area contributed by atoms with Crippen LogP contribution in [0.4, 0.5) is 11.4 Å². The Labute approximate surface area is 172 Å². The van der Waals surface area contributed by atoms with Gasteiger partial charge in [-0.25, -0.2) is 0 Å². The lowest BCUT2D eigenvalue weighted by molar-refractivity contribution is -0.116. The maximum atomic E-state index is 12.8. The van der Waals surface area contributed by atoms with E-state index in [2.05, 4.69) is 40.3 Å². The van der Waals surface area contributed by atoms with Crippen LogP contribution in [-0.4, -0.2) is 29.2 Å². The van der Waals surface area contributed by atoms with Crippen LogP contribution in [0.5, 0.6) is 0 Å². The third-order valence-electron chi connectivity index (χ3n) is 5.04. The first-order valence-corrected chi connectivity index (χ1v) is 10.0. The number of amides is 1. The van der Waals surface area contributed by atoms with Crippen molar-refractivity contribution in [3.63, 3.8) is 0 Å². The van der Waals surface area contributed by atoms with Gasteiger partial charge in [-0.05, 0) is 50.1 Å². The number of anilines is 2. The summed E-state index contributed by atoms with van der Waals surface area (Å²) in [6, 6.07) is 15.9. The maximum absolute atomic E-state index is 12.8. The molecule has 3 aromatic rings. The van der Waals surface area contributed by atoms with Gasteiger partial charge in [0.2, 0.25) is 17.7 Å². The maximum Gasteiger partial charge on any atom is 0.225 e. The minimum Gasteiger partial charge on any atom is -0.425 e. The summed E-state index contributed by atoms with van der Waals surface area (Å²) in [4.78, 5) is 15.1. The van der Waals surface area contributed by atoms with Crippen molar-refractivity contribution in [3.8, 4) is 0 Å². The third-order valence-corrected chi connectivity index (χ3v) is 5.04. The van der Waals surface area contributed by atoms with E-state index in [1.807, 2.05) is 49.4 Å². The Bertz CT molecular complexity index is 949. The van der Waals surface area contributed by atoms with Crippen molar-refractivity contribution in [1.29, 1.82) is 0 Å². The van der Waals surface area contributed by atoms with Gasteiger partial charge in [0.15, 0.2) is 0 Å². The molecule has 152 valence electrons. The van der Waals surface area contributed by atoms with Gasteiger partial charge in [-0.3, -0.25) is 4.79 Å². The third kappa shape index (κ3) is 5.02. The second-order valence-corrected chi connectivity index (χ2v) is 7.05. The number of carbonyl (C=O) groups is 1. The van der Waals surface area contributed by atoms with Crippen molar-refractivity contribution in [2.24, 2.45) is 0 Å². The highest BCUT2D eigenvalue weighted by Crippen LogP contribution is 2.28. The van der Waals surface area contributed by atoms with Gasteiger partial charge in [-0.1, -0.05) is 30.3 Å². The molecule has 6 heteroatoms. The molecule has 29 heavy (non-hydrogen) atoms. The van der Waals surface area contributed by atoms with Crippen molar-refractivity contribution in [2.45, 2.75) is 40.0 Å². The highest BCUT2D eigenvalue weighted by atomic mass is 16.4. The molecular formula is C23H28N4O2. The molecule has 0 saturated heterocycles. The Kier molecular flexibility index (Phi) is 6.65. The molecule has 1 amide bonds. The Morgan fingerprint density at radius 2 is 1.79 bits per heavy atom. The smallest absolute Gasteiger partial charge is 0.225 e. The molecule has 0 aliphatic heterocycles. The van der Waals surface area contributed by atoms with Crippen LogP contribution in [0.2, 0.25) is 0 Å². The molecule has 0 radical (unpaired) electrons. The summed E-state index contributed by atoms with van der Waals surface area (Å²) in [5, 5.41) is 11.1. The molecule has 1 atom stereocenters. The number of hydrogen-bond donors (Lipinski definition) is 1. The molecule has 1 heterocycles. The van der Waals surface area contributed by atoms with Gasteiger partial charge in [0.05, 0.1) is 5.92 Å². The van der Waals surface area contributed by atoms with Crippen LogP contribution in [0.1, 0.15) is 49.1 Å². The quantitative estimate of drug-likeness (QED) is 0.602. The summed E-state index contributed by atoms with van der Waals surface area (Å²) in [6.07, 6.45) is 0.225. The zero-order chi connectivity index (χ0) is 20.8. The zero-order valence-electron chi connectivity index (χ0n) is 17.5. The lowest BCUT2D eigenvalue weighted by Crippen LogP contribution is -2.22. The van der Waals surface area contributed by atoms with Crippen LogP contribution in [-0.2, 0) is 4.79 Å². The molecule has 1 N–H and O–H groups in total. The molecule has 3 rings (SSSR count). The van der Waals surface area contributed by atoms with E-state index in [1.54, 1.807) is 6.92 Å². The Morgan fingerprint density at radius 3 is 2.38 bits per heavy atom. The van der Waals surface area contributed by atoms with E-state index < -0.39 is 0 Å². The summed E-state index contributed by atoms with van der Waals surface area (Å²) in [5.41, 5.74) is 3.99. The number of aromatic nitrogens is 2. The SMILES string of the molecule is CCN(CC)c1ccc(NC(=O)CC(c2ccccc2)c2nnc(C)o2)c(C)c1. The van der Waals surface area contributed by atoms with Crippen LogP contribution < -0.4 is 10.2 Å². The lowest BCUT2D eigenvalue weighted by Gasteiger charge is -2.22. The number of carbonyl (C=O) groups excluding carboxylic acids is 1. The van der Waals surface area contributed by atoms with Crippen LogP contribution in [0.3, 0.4) is 0 Å². The van der Waals surface area contributed by atoms with E-state index in [0.717, 1.165) is 35.6 Å². The summed E-state index contributed by atoms with van der Waals surface area (Å²) in [5.74, 6) is 0.572. The minimum atomic E-state index is -0.285. The second-order valence-electron chi connectivity index (χ2n) is 7.05. The normalized spacial score (nSPS) is 11.9. The van der Waals surface area contributed by atoms with E-state index in [9.17, 15) is 4.79 Å². The summed E-state index contributed by atoms with van der Waals surface area (Å²) < 4.78 is 5.63. The number of benzene rings is 2. The fourth-order valence-corrected chi connectivity index (χ4v) is 3.45. The number of rotatable bonds is 8. The summed E-state index contributed by atoms with van der Waals surface area (Å²) in [6.45, 7) is 9.93. The second kappa shape index (κ2) is 9.37. The molecule has 2 aromatic carbocycles. The molecule has 0 spiro atoms. The summed E-state index contributed by atoms with van der Waals surface area (Å²) >= 11 is 0. The number of nitrogens with one attached hydrogen (secondary N) is 1. The Balaban J connectivity index is 1.77. The van der Waals surface area contributed by atoms with Gasteiger partial charge in [-0.15, -0.1) is 10.2 Å². The Morgan fingerprint density at radius 1 is 1.07 bits per heavy atom. The molecule has 6 nitrogen and oxygen atoms in total. The van der Waals surface area contributed by atoms with Crippen molar-refractivity contribution >= 4 is 17.3 Å². The van der Waals surface area contributed by atoms with Crippen molar-refractivity contribution < 1.29 is 9.21 Å². The fraction of sp³-hybridized carbons (Fsp3) is 0.348. The van der Waals surface area contributed by atoms with E-state index in [0.29, 0.717) is 11.8 Å². The first kappa shape index (κ1) is 20.6. The standard InChI is InChI=1S/C23H28N4O2/c1-5-27(6-2)19-12-13-21(16(3)14-19)24-22(28)15-20(18-10-8-7-9-11-18)23-26-25-17(4)29-23/h7-14,20H,5-6,15H2,1-4H3,(H,24,28). The largest absolute Gasteiger partial charge is 0.425 e. The lowest BCUT2D eigenvalue weighted by atomic mass is 9.95. The number of hydrogen-bond acceptors (Lipinski definition) is 5. The minimum absolute atomic E-state index is 0.0894. The first-order valence-electron chi connectivity index (χ1n) is 10.0.